The Bertz CT molecular complexity index is 1760. The molecule has 0 unspecified atom stereocenters. The van der Waals surface area contributed by atoms with Gasteiger partial charge in [-0.1, -0.05) is 139 Å². The molecule has 0 saturated heterocycles. The highest BCUT2D eigenvalue weighted by Gasteiger charge is 2.54. The number of allylic oxidation sites excluding steroid dienone is 2. The van der Waals surface area contributed by atoms with Gasteiger partial charge in [0.05, 0.1) is 16.0 Å². The summed E-state index contributed by atoms with van der Waals surface area (Å²) in [4.78, 5) is 2.76. The van der Waals surface area contributed by atoms with Gasteiger partial charge in [-0.3, -0.25) is 0 Å². The van der Waals surface area contributed by atoms with E-state index in [0.717, 1.165) is 39.0 Å². The largest absolute Gasteiger partial charge is 0.276 e. The van der Waals surface area contributed by atoms with Crippen molar-refractivity contribution in [1.82, 2.24) is 4.83 Å². The minimum Gasteiger partial charge on any atom is -0.200 e. The fourth-order valence-electron chi connectivity index (χ4n) is 5.52. The van der Waals surface area contributed by atoms with E-state index < -0.39 is 15.4 Å². The van der Waals surface area contributed by atoms with Crippen LogP contribution in [0.5, 0.6) is 0 Å². The van der Waals surface area contributed by atoms with Crippen LogP contribution < -0.4 is 4.83 Å². The fourth-order valence-corrected chi connectivity index (χ4v) is 6.33. The summed E-state index contributed by atoms with van der Waals surface area (Å²) in [5, 5.41) is 4.76. The zero-order valence-electron chi connectivity index (χ0n) is 22.0. The first-order chi connectivity index (χ1) is 19.5. The Hall–Kier alpha value is -4.74. The molecule has 1 aliphatic rings. The van der Waals surface area contributed by atoms with Crippen molar-refractivity contribution in [3.05, 3.63) is 173 Å². The Morgan fingerprint density at radius 2 is 1.02 bits per heavy atom. The number of nitrogens with zero attached hydrogens (tertiary/aromatic N) is 1. The van der Waals surface area contributed by atoms with Crippen molar-refractivity contribution < 1.29 is 8.42 Å². The van der Waals surface area contributed by atoms with Crippen molar-refractivity contribution in [2.75, 3.05) is 0 Å². The Balaban J connectivity index is 1.67. The van der Waals surface area contributed by atoms with Gasteiger partial charge in [0.25, 0.3) is 10.0 Å². The van der Waals surface area contributed by atoms with Crippen molar-refractivity contribution in [3.8, 4) is 0 Å². The summed E-state index contributed by atoms with van der Waals surface area (Å²) < 4.78 is 26.9. The molecule has 0 aromatic heterocycles. The average Bonchev–Trinajstić information content (AvgIpc) is 2.99. The van der Waals surface area contributed by atoms with E-state index in [1.165, 1.54) is 0 Å². The molecule has 5 aromatic rings. The summed E-state index contributed by atoms with van der Waals surface area (Å²) in [6.07, 6.45) is 0. The molecule has 0 amide bonds. The number of sulfonamides is 1. The molecular formula is C35H28N2O2S. The molecule has 0 spiro atoms. The molecule has 196 valence electrons. The number of hydrogen-bond acceptors (Lipinski definition) is 3. The molecular weight excluding hydrogens is 512 g/mol. The highest BCUT2D eigenvalue weighted by molar-refractivity contribution is 7.89. The Labute approximate surface area is 235 Å². The lowest BCUT2D eigenvalue weighted by Crippen LogP contribution is -2.48. The summed E-state index contributed by atoms with van der Waals surface area (Å²) >= 11 is 0. The van der Waals surface area contributed by atoms with Crippen LogP contribution in [0, 0.1) is 6.92 Å². The maximum atomic E-state index is 13.4. The van der Waals surface area contributed by atoms with E-state index in [0.29, 0.717) is 5.71 Å². The predicted octanol–water partition coefficient (Wildman–Crippen LogP) is 7.24. The highest BCUT2D eigenvalue weighted by atomic mass is 32.2. The molecule has 0 fully saturated rings. The second-order valence-corrected chi connectivity index (χ2v) is 11.5. The van der Waals surface area contributed by atoms with E-state index in [1.807, 2.05) is 91.9 Å². The minimum atomic E-state index is -3.91. The molecule has 40 heavy (non-hydrogen) atoms. The van der Waals surface area contributed by atoms with Crippen LogP contribution in [0.15, 0.2) is 156 Å². The van der Waals surface area contributed by atoms with Gasteiger partial charge >= 0.3 is 0 Å². The quantitative estimate of drug-likeness (QED) is 0.221. The summed E-state index contributed by atoms with van der Waals surface area (Å²) in [5.74, 6) is 0. The van der Waals surface area contributed by atoms with Crippen LogP contribution in [-0.2, 0) is 15.4 Å². The maximum absolute atomic E-state index is 13.4. The van der Waals surface area contributed by atoms with Crippen LogP contribution in [0.2, 0.25) is 0 Å². The van der Waals surface area contributed by atoms with Crippen LogP contribution in [0.3, 0.4) is 0 Å². The molecule has 0 atom stereocenters. The van der Waals surface area contributed by atoms with E-state index in [1.54, 1.807) is 24.3 Å². The first kappa shape index (κ1) is 25.5. The third-order valence-corrected chi connectivity index (χ3v) is 8.59. The minimum absolute atomic E-state index is 0.167. The molecule has 0 radical (unpaired) electrons. The summed E-state index contributed by atoms with van der Waals surface area (Å²) in [6.45, 7) is 1.93. The van der Waals surface area contributed by atoms with Gasteiger partial charge in [-0.2, -0.15) is 18.4 Å². The first-order valence-corrected chi connectivity index (χ1v) is 14.6. The molecule has 5 heteroatoms. The predicted molar refractivity (Wildman–Crippen MR) is 162 cm³/mol. The first-order valence-electron chi connectivity index (χ1n) is 13.2. The Morgan fingerprint density at radius 1 is 0.575 bits per heavy atom. The van der Waals surface area contributed by atoms with Gasteiger partial charge in [-0.05, 0) is 46.9 Å². The van der Waals surface area contributed by atoms with Crippen LogP contribution in [-0.4, -0.2) is 14.1 Å². The molecule has 0 bridgehead atoms. The van der Waals surface area contributed by atoms with E-state index in [9.17, 15) is 8.42 Å². The lowest BCUT2D eigenvalue weighted by Gasteiger charge is -2.48. The second kappa shape index (κ2) is 10.4. The van der Waals surface area contributed by atoms with Crippen LogP contribution in [0.1, 0.15) is 27.8 Å². The average molecular weight is 541 g/mol. The van der Waals surface area contributed by atoms with Crippen molar-refractivity contribution in [2.45, 2.75) is 17.2 Å². The highest BCUT2D eigenvalue weighted by Crippen LogP contribution is 2.58. The van der Waals surface area contributed by atoms with E-state index >= 15 is 0 Å². The second-order valence-electron chi connectivity index (χ2n) is 9.83. The third kappa shape index (κ3) is 4.34. The SMILES string of the molecule is Cc1ccc(S(=O)(=O)N/N=C2\C(c3ccccc3)=C(c3ccccc3)C2(c2ccccc2)c2ccccc2)cc1. The zero-order chi connectivity index (χ0) is 27.6. The Morgan fingerprint density at radius 3 is 1.52 bits per heavy atom. The fraction of sp³-hybridized carbons (Fsp3) is 0.0571. The molecule has 0 saturated carbocycles. The zero-order valence-corrected chi connectivity index (χ0v) is 22.8. The topological polar surface area (TPSA) is 58.5 Å². The van der Waals surface area contributed by atoms with E-state index in [2.05, 4.69) is 41.2 Å². The van der Waals surface area contributed by atoms with Crippen molar-refractivity contribution in [1.29, 1.82) is 0 Å². The summed E-state index contributed by atoms with van der Waals surface area (Å²) in [5.41, 5.74) is 6.83. The molecule has 4 nitrogen and oxygen atoms in total. The van der Waals surface area contributed by atoms with Gasteiger partial charge in [-0.15, -0.1) is 0 Å². The van der Waals surface area contributed by atoms with Crippen molar-refractivity contribution in [2.24, 2.45) is 5.10 Å². The van der Waals surface area contributed by atoms with Gasteiger partial charge in [-0.25, -0.2) is 0 Å². The number of hydrazone groups is 1. The maximum Gasteiger partial charge on any atom is 0.276 e. The van der Waals surface area contributed by atoms with Crippen LogP contribution in [0.4, 0.5) is 0 Å². The number of benzene rings is 5. The summed E-state index contributed by atoms with van der Waals surface area (Å²) in [7, 11) is -3.91. The lowest BCUT2D eigenvalue weighted by atomic mass is 9.52. The number of hydrogen-bond donors (Lipinski definition) is 1. The molecule has 0 aliphatic heterocycles. The van der Waals surface area contributed by atoms with Gasteiger partial charge in [0.2, 0.25) is 0 Å². The van der Waals surface area contributed by atoms with Crippen molar-refractivity contribution >= 4 is 26.9 Å². The van der Waals surface area contributed by atoms with E-state index in [4.69, 9.17) is 5.10 Å². The van der Waals surface area contributed by atoms with Gasteiger partial charge in [0, 0.05) is 5.57 Å². The van der Waals surface area contributed by atoms with Gasteiger partial charge in [0.15, 0.2) is 0 Å². The van der Waals surface area contributed by atoms with Crippen LogP contribution >= 0.6 is 0 Å². The molecule has 0 heterocycles. The standard InChI is InChI=1S/C35H28N2O2S/c1-26-22-24-31(25-23-26)40(38,39)37-36-34-32(27-14-6-2-7-15-27)33(28-16-8-3-9-17-28)35(34,29-18-10-4-11-19-29)30-20-12-5-13-21-30/h2-25,37H,1H3/b36-34+. The monoisotopic (exact) mass is 540 g/mol. The smallest absolute Gasteiger partial charge is 0.200 e. The van der Waals surface area contributed by atoms with Crippen LogP contribution in [0.25, 0.3) is 11.1 Å². The number of rotatable bonds is 7. The normalized spacial score (nSPS) is 15.5. The van der Waals surface area contributed by atoms with Crippen molar-refractivity contribution in [3.63, 3.8) is 0 Å². The summed E-state index contributed by atoms with van der Waals surface area (Å²) in [6, 6.07) is 47.4. The van der Waals surface area contributed by atoms with Gasteiger partial charge in [0.1, 0.15) is 0 Å². The number of aryl methyl sites for hydroxylation is 1. The molecule has 5 aromatic carbocycles. The molecule has 6 rings (SSSR count). The lowest BCUT2D eigenvalue weighted by molar-refractivity contribution is 0.584. The third-order valence-electron chi connectivity index (χ3n) is 7.36. The number of nitrogens with one attached hydrogen (secondary N) is 1. The van der Waals surface area contributed by atoms with Gasteiger partial charge < -0.3 is 0 Å². The molecule has 1 N–H and O–H groups in total. The molecule has 1 aliphatic carbocycles. The Kier molecular flexibility index (Phi) is 6.66. The van der Waals surface area contributed by atoms with E-state index in [-0.39, 0.29) is 4.90 Å².